The molecule has 0 radical (unpaired) electrons. The number of piperidine rings is 1. The van der Waals surface area contributed by atoms with E-state index in [-0.39, 0.29) is 11.9 Å². The Morgan fingerprint density at radius 3 is 2.63 bits per heavy atom. The fourth-order valence-electron chi connectivity index (χ4n) is 2.53. The summed E-state index contributed by atoms with van der Waals surface area (Å²) in [6.07, 6.45) is 1.73. The van der Waals surface area contributed by atoms with Crippen molar-refractivity contribution in [2.45, 2.75) is 12.8 Å². The molecule has 98 valence electrons. The third kappa shape index (κ3) is 2.61. The number of rotatable bonds is 2. The van der Waals surface area contributed by atoms with E-state index < -0.39 is 0 Å². The molecule has 0 saturated carbocycles. The van der Waals surface area contributed by atoms with E-state index >= 15 is 0 Å². The summed E-state index contributed by atoms with van der Waals surface area (Å²) in [5.74, 6) is 0.597. The Bertz CT molecular complexity index is 583. The smallest absolute Gasteiger partial charge is 0.314 e. The summed E-state index contributed by atoms with van der Waals surface area (Å²) >= 11 is 0. The van der Waals surface area contributed by atoms with Crippen molar-refractivity contribution in [1.82, 2.24) is 5.32 Å². The first-order valence-electron chi connectivity index (χ1n) is 6.75. The minimum atomic E-state index is -0.0992. The number of carbonyl (C=O) groups is 1. The fraction of sp³-hybridized carbons (Fsp3) is 0.312. The van der Waals surface area contributed by atoms with E-state index in [1.165, 1.54) is 0 Å². The molecule has 1 fully saturated rings. The number of carbonyl (C=O) groups excluding carboxylic acids is 1. The summed E-state index contributed by atoms with van der Waals surface area (Å²) in [6.45, 7) is 1.80. The molecule has 0 bridgehead atoms. The van der Waals surface area contributed by atoms with Crippen molar-refractivity contribution < 1.29 is 9.53 Å². The van der Waals surface area contributed by atoms with Crippen LogP contribution < -0.4 is 10.1 Å². The first-order valence-corrected chi connectivity index (χ1v) is 6.75. The van der Waals surface area contributed by atoms with Crippen molar-refractivity contribution in [3.8, 4) is 5.75 Å². The molecule has 0 aromatic heterocycles. The lowest BCUT2D eigenvalue weighted by molar-refractivity contribution is -0.139. The number of benzene rings is 2. The maximum atomic E-state index is 12.2. The second-order valence-corrected chi connectivity index (χ2v) is 4.92. The van der Waals surface area contributed by atoms with E-state index in [0.717, 1.165) is 36.7 Å². The van der Waals surface area contributed by atoms with E-state index in [4.69, 9.17) is 4.74 Å². The average molecular weight is 255 g/mol. The van der Waals surface area contributed by atoms with Gasteiger partial charge in [0.15, 0.2) is 0 Å². The Balaban J connectivity index is 1.82. The molecule has 0 amide bonds. The molecule has 0 unspecified atom stereocenters. The first-order chi connectivity index (χ1) is 9.34. The zero-order valence-corrected chi connectivity index (χ0v) is 10.8. The lowest BCUT2D eigenvalue weighted by Crippen LogP contribution is -2.33. The number of ether oxygens (including phenoxy) is 1. The normalized spacial score (nSPS) is 16.4. The van der Waals surface area contributed by atoms with E-state index in [9.17, 15) is 4.79 Å². The van der Waals surface area contributed by atoms with Crippen LogP contribution in [0, 0.1) is 5.92 Å². The quantitative estimate of drug-likeness (QED) is 0.662. The molecule has 2 aromatic carbocycles. The monoisotopic (exact) mass is 255 g/mol. The van der Waals surface area contributed by atoms with Gasteiger partial charge in [-0.25, -0.2) is 0 Å². The predicted molar refractivity (Wildman–Crippen MR) is 75.2 cm³/mol. The molecular formula is C16H17NO2. The molecule has 2 aromatic rings. The summed E-state index contributed by atoms with van der Waals surface area (Å²) < 4.78 is 5.60. The van der Waals surface area contributed by atoms with E-state index in [1.807, 2.05) is 42.5 Å². The van der Waals surface area contributed by atoms with Crippen LogP contribution >= 0.6 is 0 Å². The Morgan fingerprint density at radius 2 is 1.79 bits per heavy atom. The molecular weight excluding hydrogens is 238 g/mol. The highest BCUT2D eigenvalue weighted by molar-refractivity contribution is 5.90. The molecule has 19 heavy (non-hydrogen) atoms. The number of hydrogen-bond acceptors (Lipinski definition) is 3. The van der Waals surface area contributed by atoms with Crippen molar-refractivity contribution >= 4 is 16.7 Å². The van der Waals surface area contributed by atoms with Crippen LogP contribution in [0.5, 0.6) is 5.75 Å². The molecule has 3 heteroatoms. The van der Waals surface area contributed by atoms with Gasteiger partial charge in [0.2, 0.25) is 0 Å². The number of nitrogens with one attached hydrogen (secondary N) is 1. The zero-order valence-electron chi connectivity index (χ0n) is 10.8. The van der Waals surface area contributed by atoms with Crippen LogP contribution in [0.4, 0.5) is 0 Å². The van der Waals surface area contributed by atoms with Crippen molar-refractivity contribution in [3.05, 3.63) is 42.5 Å². The van der Waals surface area contributed by atoms with E-state index in [2.05, 4.69) is 5.32 Å². The van der Waals surface area contributed by atoms with Gasteiger partial charge >= 0.3 is 5.97 Å². The van der Waals surface area contributed by atoms with Gasteiger partial charge < -0.3 is 10.1 Å². The van der Waals surface area contributed by atoms with Gasteiger partial charge in [-0.2, -0.15) is 0 Å². The van der Waals surface area contributed by atoms with E-state index in [1.54, 1.807) is 0 Å². The molecule has 1 heterocycles. The van der Waals surface area contributed by atoms with E-state index in [0.29, 0.717) is 5.75 Å². The maximum Gasteiger partial charge on any atom is 0.314 e. The summed E-state index contributed by atoms with van der Waals surface area (Å²) in [5.41, 5.74) is 0. The van der Waals surface area contributed by atoms with Crippen LogP contribution in [0.2, 0.25) is 0 Å². The maximum absolute atomic E-state index is 12.2. The number of esters is 1. The van der Waals surface area contributed by atoms with Gasteiger partial charge in [0.05, 0.1) is 5.92 Å². The standard InChI is InChI=1S/C16H17NO2/c18-16(13-8-10-17-11-9-13)19-15-7-3-5-12-4-1-2-6-14(12)15/h1-7,13,17H,8-11H2. The lowest BCUT2D eigenvalue weighted by Gasteiger charge is -2.21. The van der Waals surface area contributed by atoms with Gasteiger partial charge in [0.25, 0.3) is 0 Å². The van der Waals surface area contributed by atoms with Crippen LogP contribution in [0.3, 0.4) is 0 Å². The molecule has 1 aliphatic heterocycles. The number of hydrogen-bond donors (Lipinski definition) is 1. The Morgan fingerprint density at radius 1 is 1.05 bits per heavy atom. The molecule has 0 atom stereocenters. The molecule has 0 aliphatic carbocycles. The summed E-state index contributed by atoms with van der Waals surface area (Å²) in [4.78, 5) is 12.2. The van der Waals surface area contributed by atoms with Crippen molar-refractivity contribution in [1.29, 1.82) is 0 Å². The third-order valence-corrected chi connectivity index (χ3v) is 3.63. The Hall–Kier alpha value is -1.87. The molecule has 1 N–H and O–H groups in total. The highest BCUT2D eigenvalue weighted by Crippen LogP contribution is 2.26. The molecule has 1 saturated heterocycles. The SMILES string of the molecule is O=C(Oc1cccc2ccccc12)C1CCNCC1. The topological polar surface area (TPSA) is 38.3 Å². The second-order valence-electron chi connectivity index (χ2n) is 4.92. The Kier molecular flexibility index (Phi) is 3.47. The minimum absolute atomic E-state index is 0.0280. The second kappa shape index (κ2) is 5.41. The van der Waals surface area contributed by atoms with Crippen LogP contribution in [0.25, 0.3) is 10.8 Å². The summed E-state index contributed by atoms with van der Waals surface area (Å²) in [7, 11) is 0. The van der Waals surface area contributed by atoms with Crippen molar-refractivity contribution in [3.63, 3.8) is 0 Å². The summed E-state index contributed by atoms with van der Waals surface area (Å²) in [5, 5.41) is 5.34. The largest absolute Gasteiger partial charge is 0.426 e. The molecule has 0 spiro atoms. The molecule has 3 rings (SSSR count). The predicted octanol–water partition coefficient (Wildman–Crippen LogP) is 2.74. The highest BCUT2D eigenvalue weighted by atomic mass is 16.5. The highest BCUT2D eigenvalue weighted by Gasteiger charge is 2.23. The molecule has 3 nitrogen and oxygen atoms in total. The third-order valence-electron chi connectivity index (χ3n) is 3.63. The van der Waals surface area contributed by atoms with Gasteiger partial charge in [-0.1, -0.05) is 36.4 Å². The van der Waals surface area contributed by atoms with Crippen LogP contribution in [0.1, 0.15) is 12.8 Å². The van der Waals surface area contributed by atoms with Gasteiger partial charge in [-0.15, -0.1) is 0 Å². The van der Waals surface area contributed by atoms with Crippen molar-refractivity contribution in [2.24, 2.45) is 5.92 Å². The van der Waals surface area contributed by atoms with Crippen LogP contribution in [-0.4, -0.2) is 19.1 Å². The number of fused-ring (bicyclic) bond motifs is 1. The average Bonchev–Trinajstić information content (AvgIpc) is 2.48. The molecule has 1 aliphatic rings. The van der Waals surface area contributed by atoms with Gasteiger partial charge in [0, 0.05) is 5.39 Å². The lowest BCUT2D eigenvalue weighted by atomic mass is 9.98. The van der Waals surface area contributed by atoms with Crippen molar-refractivity contribution in [2.75, 3.05) is 13.1 Å². The van der Waals surface area contributed by atoms with Crippen LogP contribution in [0.15, 0.2) is 42.5 Å². The van der Waals surface area contributed by atoms with Gasteiger partial charge in [-0.3, -0.25) is 4.79 Å². The zero-order chi connectivity index (χ0) is 13.1. The minimum Gasteiger partial charge on any atom is -0.426 e. The first kappa shape index (κ1) is 12.2. The van der Waals surface area contributed by atoms with Gasteiger partial charge in [-0.05, 0) is 37.4 Å². The van der Waals surface area contributed by atoms with Gasteiger partial charge in [0.1, 0.15) is 5.75 Å². The fourth-order valence-corrected chi connectivity index (χ4v) is 2.53. The van der Waals surface area contributed by atoms with Crippen LogP contribution in [-0.2, 0) is 4.79 Å². The Labute approximate surface area is 112 Å². The summed E-state index contributed by atoms with van der Waals surface area (Å²) in [6, 6.07) is 13.8.